The second-order valence-corrected chi connectivity index (χ2v) is 3.90. The molecule has 0 saturated carbocycles. The van der Waals surface area contributed by atoms with Crippen molar-refractivity contribution in [2.45, 2.75) is 25.8 Å². The fourth-order valence-electron chi connectivity index (χ4n) is 1.65. The van der Waals surface area contributed by atoms with E-state index in [1.165, 1.54) is 0 Å². The Morgan fingerprint density at radius 1 is 1.64 bits per heavy atom. The molecule has 0 aromatic heterocycles. The maximum absolute atomic E-state index is 7.11. The van der Waals surface area contributed by atoms with Gasteiger partial charge in [0.2, 0.25) is 5.54 Å². The van der Waals surface area contributed by atoms with Gasteiger partial charge >= 0.3 is 0 Å². The first-order valence-electron chi connectivity index (χ1n) is 4.15. The summed E-state index contributed by atoms with van der Waals surface area (Å²) >= 11 is 0. The third-order valence-corrected chi connectivity index (χ3v) is 2.85. The van der Waals surface area contributed by atoms with Gasteiger partial charge in [0.25, 0.3) is 0 Å². The molecule has 2 heteroatoms. The Hall–Kier alpha value is -0.550. The van der Waals surface area contributed by atoms with Gasteiger partial charge in [-0.1, -0.05) is 6.92 Å². The van der Waals surface area contributed by atoms with Gasteiger partial charge in [0.1, 0.15) is 0 Å². The summed E-state index contributed by atoms with van der Waals surface area (Å²) in [5.41, 5.74) is -0.132. The first kappa shape index (κ1) is 8.55. The Bertz CT molecular complexity index is 182. The van der Waals surface area contributed by atoms with E-state index in [0.717, 1.165) is 19.5 Å². The predicted molar refractivity (Wildman–Crippen MR) is 46.3 cm³/mol. The molecular weight excluding hydrogens is 136 g/mol. The normalized spacial score (nSPS) is 40.0. The summed E-state index contributed by atoms with van der Waals surface area (Å²) in [4.78, 5) is 5.97. The van der Waals surface area contributed by atoms with Crippen molar-refractivity contribution in [2.24, 2.45) is 5.92 Å². The van der Waals surface area contributed by atoms with E-state index in [1.807, 2.05) is 0 Å². The molecule has 62 valence electrons. The molecule has 2 unspecified atom stereocenters. The van der Waals surface area contributed by atoms with Crippen LogP contribution >= 0.6 is 0 Å². The summed E-state index contributed by atoms with van der Waals surface area (Å²) in [5, 5.41) is 0. The van der Waals surface area contributed by atoms with Crippen LogP contribution in [0.1, 0.15) is 20.3 Å². The number of piperidine rings is 1. The molecule has 0 bridgehead atoms. The summed E-state index contributed by atoms with van der Waals surface area (Å²) in [6.07, 6.45) is 1.16. The van der Waals surface area contributed by atoms with Crippen LogP contribution in [0.15, 0.2) is 0 Å². The molecule has 0 amide bonds. The van der Waals surface area contributed by atoms with Gasteiger partial charge in [-0.3, -0.25) is 4.90 Å². The van der Waals surface area contributed by atoms with E-state index < -0.39 is 0 Å². The van der Waals surface area contributed by atoms with Gasteiger partial charge in [0.15, 0.2) is 0 Å². The zero-order chi connectivity index (χ0) is 8.48. The minimum Gasteiger partial charge on any atom is -0.309 e. The highest BCUT2D eigenvalue weighted by molar-refractivity contribution is 5.02. The van der Waals surface area contributed by atoms with Crippen LogP contribution in [-0.4, -0.2) is 30.6 Å². The van der Waals surface area contributed by atoms with Crippen molar-refractivity contribution in [3.63, 3.8) is 0 Å². The number of nitrogens with zero attached hydrogens (tertiary/aromatic N) is 2. The Labute approximate surface area is 69.0 Å². The van der Waals surface area contributed by atoms with E-state index in [4.69, 9.17) is 6.57 Å². The van der Waals surface area contributed by atoms with Gasteiger partial charge in [0, 0.05) is 12.8 Å². The molecule has 1 aliphatic heterocycles. The maximum Gasteiger partial charge on any atom is 0.244 e. The van der Waals surface area contributed by atoms with Crippen LogP contribution < -0.4 is 0 Å². The summed E-state index contributed by atoms with van der Waals surface area (Å²) in [6, 6.07) is 0. The van der Waals surface area contributed by atoms with Crippen molar-refractivity contribution in [2.75, 3.05) is 20.1 Å². The first-order valence-corrected chi connectivity index (χ1v) is 4.15. The molecule has 0 spiro atoms. The average Bonchev–Trinajstić information content (AvgIpc) is 1.98. The topological polar surface area (TPSA) is 7.60 Å². The number of rotatable bonds is 0. The summed E-state index contributed by atoms with van der Waals surface area (Å²) < 4.78 is 0. The first-order chi connectivity index (χ1) is 5.08. The van der Waals surface area contributed by atoms with Crippen LogP contribution in [0.3, 0.4) is 0 Å². The molecule has 0 aromatic rings. The highest BCUT2D eigenvalue weighted by Gasteiger charge is 2.41. The number of likely N-dealkylation sites (tertiary alicyclic amines) is 1. The SMILES string of the molecule is [C-]#[N+]C1(C)CN(C)CCC1C. The molecule has 2 atom stereocenters. The van der Waals surface area contributed by atoms with Crippen LogP contribution in [-0.2, 0) is 0 Å². The number of likely N-dealkylation sites (N-methyl/N-ethyl adjacent to an activating group) is 1. The number of hydrogen-bond acceptors (Lipinski definition) is 1. The fourth-order valence-corrected chi connectivity index (χ4v) is 1.65. The van der Waals surface area contributed by atoms with Crippen LogP contribution in [0.5, 0.6) is 0 Å². The van der Waals surface area contributed by atoms with E-state index >= 15 is 0 Å². The van der Waals surface area contributed by atoms with E-state index in [0.29, 0.717) is 5.92 Å². The molecular formula is C9H16N2. The minimum atomic E-state index is -0.132. The van der Waals surface area contributed by atoms with Crippen molar-refractivity contribution in [1.29, 1.82) is 0 Å². The Morgan fingerprint density at radius 3 is 2.73 bits per heavy atom. The molecule has 11 heavy (non-hydrogen) atoms. The molecule has 0 aromatic carbocycles. The van der Waals surface area contributed by atoms with Crippen molar-refractivity contribution in [1.82, 2.24) is 4.90 Å². The van der Waals surface area contributed by atoms with Crippen LogP contribution in [0.25, 0.3) is 4.85 Å². The third kappa shape index (κ3) is 1.54. The van der Waals surface area contributed by atoms with E-state index in [1.54, 1.807) is 0 Å². The second-order valence-electron chi connectivity index (χ2n) is 3.90. The summed E-state index contributed by atoms with van der Waals surface area (Å²) in [5.74, 6) is 0.552. The highest BCUT2D eigenvalue weighted by Crippen LogP contribution is 2.29. The molecule has 0 radical (unpaired) electrons. The van der Waals surface area contributed by atoms with Crippen LogP contribution in [0.4, 0.5) is 0 Å². The molecule has 1 rings (SSSR count). The van der Waals surface area contributed by atoms with Gasteiger partial charge in [-0.2, -0.15) is 0 Å². The average molecular weight is 152 g/mol. The Kier molecular flexibility index (Phi) is 2.20. The molecule has 1 fully saturated rings. The van der Waals surface area contributed by atoms with Crippen LogP contribution in [0.2, 0.25) is 0 Å². The molecule has 2 nitrogen and oxygen atoms in total. The molecule has 0 aliphatic carbocycles. The Morgan fingerprint density at radius 2 is 2.27 bits per heavy atom. The summed E-state index contributed by atoms with van der Waals surface area (Å²) in [7, 11) is 2.09. The van der Waals surface area contributed by atoms with Gasteiger partial charge in [-0.15, -0.1) is 0 Å². The maximum atomic E-state index is 7.11. The third-order valence-electron chi connectivity index (χ3n) is 2.85. The highest BCUT2D eigenvalue weighted by atomic mass is 15.1. The van der Waals surface area contributed by atoms with E-state index in [-0.39, 0.29) is 5.54 Å². The van der Waals surface area contributed by atoms with Crippen molar-refractivity contribution >= 4 is 0 Å². The largest absolute Gasteiger partial charge is 0.309 e. The predicted octanol–water partition coefficient (Wildman–Crippen LogP) is 1.64. The standard InChI is InChI=1S/C9H16N2/c1-8-5-6-11(4)7-9(8,2)10-3/h8H,5-7H2,1-2,4H3. The van der Waals surface area contributed by atoms with Gasteiger partial charge in [0.05, 0.1) is 6.54 Å². The van der Waals surface area contributed by atoms with Crippen molar-refractivity contribution in [3.8, 4) is 0 Å². The molecule has 1 heterocycles. The number of hydrogen-bond donors (Lipinski definition) is 0. The monoisotopic (exact) mass is 152 g/mol. The molecule has 0 N–H and O–H groups in total. The second kappa shape index (κ2) is 2.83. The van der Waals surface area contributed by atoms with Gasteiger partial charge in [-0.05, 0) is 20.0 Å². The van der Waals surface area contributed by atoms with Gasteiger partial charge < -0.3 is 4.85 Å². The van der Waals surface area contributed by atoms with Gasteiger partial charge in [-0.25, -0.2) is 6.57 Å². The lowest BCUT2D eigenvalue weighted by Gasteiger charge is -2.34. The lowest BCUT2D eigenvalue weighted by atomic mass is 9.82. The van der Waals surface area contributed by atoms with Crippen molar-refractivity contribution in [3.05, 3.63) is 11.4 Å². The zero-order valence-corrected chi connectivity index (χ0v) is 7.59. The summed E-state index contributed by atoms with van der Waals surface area (Å²) in [6.45, 7) is 13.4. The quantitative estimate of drug-likeness (QED) is 0.479. The van der Waals surface area contributed by atoms with E-state index in [9.17, 15) is 0 Å². The fraction of sp³-hybridized carbons (Fsp3) is 0.889. The Balaban J connectivity index is 2.70. The lowest BCUT2D eigenvalue weighted by Crippen LogP contribution is -2.47. The zero-order valence-electron chi connectivity index (χ0n) is 7.59. The van der Waals surface area contributed by atoms with Crippen LogP contribution in [0, 0.1) is 12.5 Å². The lowest BCUT2D eigenvalue weighted by molar-refractivity contribution is 0.162. The van der Waals surface area contributed by atoms with E-state index in [2.05, 4.69) is 30.6 Å². The minimum absolute atomic E-state index is 0.132. The molecule has 1 aliphatic rings. The molecule has 1 saturated heterocycles. The van der Waals surface area contributed by atoms with Crippen molar-refractivity contribution < 1.29 is 0 Å². The smallest absolute Gasteiger partial charge is 0.244 e.